The Kier molecular flexibility index (Phi) is 6.39. The van der Waals surface area contributed by atoms with Crippen molar-refractivity contribution in [3.05, 3.63) is 30.1 Å². The maximum Gasteiger partial charge on any atom is 0.238 e. The second-order valence-corrected chi connectivity index (χ2v) is 7.12. The van der Waals surface area contributed by atoms with Gasteiger partial charge in [0.1, 0.15) is 5.82 Å². The molecule has 1 amide bonds. The molecular weight excluding hydrogens is 326 g/mol. The lowest BCUT2D eigenvalue weighted by Gasteiger charge is -2.15. The summed E-state index contributed by atoms with van der Waals surface area (Å²) < 4.78 is 2.24. The van der Waals surface area contributed by atoms with Gasteiger partial charge in [-0.25, -0.2) is 0 Å². The summed E-state index contributed by atoms with van der Waals surface area (Å²) >= 11 is 0. The van der Waals surface area contributed by atoms with Crippen molar-refractivity contribution >= 4 is 11.6 Å². The molecule has 0 bridgehead atoms. The monoisotopic (exact) mass is 355 g/mol. The highest BCUT2D eigenvalue weighted by molar-refractivity contribution is 5.92. The highest BCUT2D eigenvalue weighted by Gasteiger charge is 2.16. The van der Waals surface area contributed by atoms with Crippen LogP contribution in [0.3, 0.4) is 0 Å². The van der Waals surface area contributed by atoms with E-state index in [-0.39, 0.29) is 5.91 Å². The summed E-state index contributed by atoms with van der Waals surface area (Å²) in [6.07, 6.45) is 6.88. The number of anilines is 1. The molecule has 1 aliphatic rings. The number of carbonyl (C=O) groups is 1. The second-order valence-electron chi connectivity index (χ2n) is 7.12. The minimum Gasteiger partial charge on any atom is -0.325 e. The summed E-state index contributed by atoms with van der Waals surface area (Å²) in [5, 5.41) is 11.7. The van der Waals surface area contributed by atoms with Gasteiger partial charge in [-0.3, -0.25) is 9.69 Å². The Morgan fingerprint density at radius 3 is 2.77 bits per heavy atom. The van der Waals surface area contributed by atoms with E-state index < -0.39 is 0 Å². The van der Waals surface area contributed by atoms with E-state index >= 15 is 0 Å². The molecule has 0 saturated carbocycles. The summed E-state index contributed by atoms with van der Waals surface area (Å²) in [7, 11) is 1.98. The topological polar surface area (TPSA) is 63.1 Å². The van der Waals surface area contributed by atoms with Crippen molar-refractivity contribution in [3.63, 3.8) is 0 Å². The van der Waals surface area contributed by atoms with Gasteiger partial charge in [0.15, 0.2) is 5.82 Å². The van der Waals surface area contributed by atoms with E-state index in [9.17, 15) is 4.79 Å². The van der Waals surface area contributed by atoms with Crippen LogP contribution in [0.1, 0.15) is 44.9 Å². The number of hydrogen-bond donors (Lipinski definition) is 1. The molecule has 0 atom stereocenters. The molecule has 26 heavy (non-hydrogen) atoms. The van der Waals surface area contributed by atoms with Gasteiger partial charge in [-0.05, 0) is 57.1 Å². The number of fused-ring (bicyclic) bond motifs is 1. The first-order valence-electron chi connectivity index (χ1n) is 9.68. The van der Waals surface area contributed by atoms with E-state index in [0.717, 1.165) is 55.3 Å². The Balaban J connectivity index is 1.62. The van der Waals surface area contributed by atoms with Crippen LogP contribution in [0.15, 0.2) is 24.3 Å². The van der Waals surface area contributed by atoms with Gasteiger partial charge in [0, 0.05) is 24.2 Å². The highest BCUT2D eigenvalue weighted by Crippen LogP contribution is 2.23. The number of hydrogen-bond acceptors (Lipinski definition) is 4. The molecule has 1 N–H and O–H groups in total. The Morgan fingerprint density at radius 2 is 2.00 bits per heavy atom. The molecule has 6 heteroatoms. The molecule has 140 valence electrons. The van der Waals surface area contributed by atoms with Gasteiger partial charge in [-0.1, -0.05) is 19.8 Å². The fraction of sp³-hybridized carbons (Fsp3) is 0.550. The average molecular weight is 355 g/mol. The molecule has 2 aromatic rings. The third-order valence-electron chi connectivity index (χ3n) is 4.84. The number of carbonyl (C=O) groups excluding carboxylic acids is 1. The Labute approximate surface area is 155 Å². The predicted molar refractivity (Wildman–Crippen MR) is 104 cm³/mol. The number of amides is 1. The van der Waals surface area contributed by atoms with Gasteiger partial charge in [-0.15, -0.1) is 10.2 Å². The number of nitrogens with one attached hydrogen (secondary N) is 1. The number of nitrogens with zero attached hydrogens (tertiary/aromatic N) is 4. The van der Waals surface area contributed by atoms with E-state index in [0.29, 0.717) is 6.54 Å². The van der Waals surface area contributed by atoms with E-state index in [1.807, 2.05) is 31.3 Å². The van der Waals surface area contributed by atoms with Crippen molar-refractivity contribution in [2.24, 2.45) is 0 Å². The van der Waals surface area contributed by atoms with Gasteiger partial charge in [-0.2, -0.15) is 0 Å². The number of unbranched alkanes of at least 4 members (excludes halogenated alkanes) is 1. The van der Waals surface area contributed by atoms with Crippen LogP contribution in [0.5, 0.6) is 0 Å². The number of aryl methyl sites for hydroxylation is 1. The van der Waals surface area contributed by atoms with E-state index in [1.54, 1.807) is 0 Å². The number of likely N-dealkylation sites (N-methyl/N-ethyl adjacent to an activating group) is 1. The maximum atomic E-state index is 12.2. The lowest BCUT2D eigenvalue weighted by atomic mass is 10.2. The molecule has 6 nitrogen and oxygen atoms in total. The van der Waals surface area contributed by atoms with Crippen LogP contribution < -0.4 is 5.32 Å². The van der Waals surface area contributed by atoms with E-state index in [1.165, 1.54) is 19.3 Å². The van der Waals surface area contributed by atoms with Crippen molar-refractivity contribution in [2.45, 2.75) is 52.0 Å². The molecule has 0 spiro atoms. The minimum absolute atomic E-state index is 0.0210. The predicted octanol–water partition coefficient (Wildman–Crippen LogP) is 3.34. The standard InChI is InChI=1S/C20H29N5O/c1-3-4-13-24(2)15-19(26)21-17-11-9-16(10-12-17)20-23-22-18-8-6-5-7-14-25(18)20/h9-12H,3-8,13-15H2,1-2H3,(H,21,26). The summed E-state index contributed by atoms with van der Waals surface area (Å²) in [6, 6.07) is 7.91. The van der Waals surface area contributed by atoms with E-state index in [4.69, 9.17) is 0 Å². The summed E-state index contributed by atoms with van der Waals surface area (Å²) in [4.78, 5) is 14.2. The van der Waals surface area contributed by atoms with Gasteiger partial charge >= 0.3 is 0 Å². The molecule has 0 unspecified atom stereocenters. The SMILES string of the molecule is CCCCN(C)CC(=O)Nc1ccc(-c2nnc3n2CCCCC3)cc1. The van der Waals surface area contributed by atoms with Crippen LogP contribution in [-0.4, -0.2) is 45.7 Å². The molecule has 0 aliphatic carbocycles. The largest absolute Gasteiger partial charge is 0.325 e. The van der Waals surface area contributed by atoms with Gasteiger partial charge in [0.2, 0.25) is 5.91 Å². The molecule has 3 rings (SSSR count). The van der Waals surface area contributed by atoms with Crippen LogP contribution in [0.25, 0.3) is 11.4 Å². The number of rotatable bonds is 7. The summed E-state index contributed by atoms with van der Waals surface area (Å²) in [5.41, 5.74) is 1.86. The molecule has 0 radical (unpaired) electrons. The van der Waals surface area contributed by atoms with Gasteiger partial charge in [0.25, 0.3) is 0 Å². The van der Waals surface area contributed by atoms with Crippen LogP contribution in [-0.2, 0) is 17.8 Å². The van der Waals surface area contributed by atoms with Crippen LogP contribution in [0.4, 0.5) is 5.69 Å². The lowest BCUT2D eigenvalue weighted by molar-refractivity contribution is -0.117. The maximum absolute atomic E-state index is 12.2. The summed E-state index contributed by atoms with van der Waals surface area (Å²) in [5.74, 6) is 2.04. The first-order valence-corrected chi connectivity index (χ1v) is 9.68. The average Bonchev–Trinajstić information content (AvgIpc) is 2.89. The smallest absolute Gasteiger partial charge is 0.238 e. The molecule has 1 aromatic carbocycles. The molecule has 1 aliphatic heterocycles. The Bertz CT molecular complexity index is 722. The van der Waals surface area contributed by atoms with Crippen LogP contribution >= 0.6 is 0 Å². The van der Waals surface area contributed by atoms with Crippen molar-refractivity contribution in [2.75, 3.05) is 25.5 Å². The fourth-order valence-electron chi connectivity index (χ4n) is 3.35. The third-order valence-corrected chi connectivity index (χ3v) is 4.84. The lowest BCUT2D eigenvalue weighted by Crippen LogP contribution is -2.30. The molecule has 0 saturated heterocycles. The van der Waals surface area contributed by atoms with Crippen molar-refractivity contribution in [3.8, 4) is 11.4 Å². The normalized spacial score (nSPS) is 14.1. The van der Waals surface area contributed by atoms with Crippen molar-refractivity contribution in [1.82, 2.24) is 19.7 Å². The second kappa shape index (κ2) is 8.94. The zero-order valence-electron chi connectivity index (χ0n) is 15.9. The molecular formula is C20H29N5O. The first kappa shape index (κ1) is 18.6. The quantitative estimate of drug-likeness (QED) is 0.827. The fourth-order valence-corrected chi connectivity index (χ4v) is 3.35. The number of benzene rings is 1. The van der Waals surface area contributed by atoms with Crippen molar-refractivity contribution < 1.29 is 4.79 Å². The zero-order valence-corrected chi connectivity index (χ0v) is 15.9. The Hall–Kier alpha value is -2.21. The third kappa shape index (κ3) is 4.69. The molecule has 2 heterocycles. The zero-order chi connectivity index (χ0) is 18.4. The van der Waals surface area contributed by atoms with Gasteiger partial charge < -0.3 is 9.88 Å². The minimum atomic E-state index is 0.0210. The van der Waals surface area contributed by atoms with Crippen molar-refractivity contribution in [1.29, 1.82) is 0 Å². The van der Waals surface area contributed by atoms with Gasteiger partial charge in [0.05, 0.1) is 6.54 Å². The van der Waals surface area contributed by atoms with Crippen LogP contribution in [0, 0.1) is 0 Å². The van der Waals surface area contributed by atoms with Crippen LogP contribution in [0.2, 0.25) is 0 Å². The highest BCUT2D eigenvalue weighted by atomic mass is 16.2. The molecule has 0 fully saturated rings. The molecule has 1 aromatic heterocycles. The van der Waals surface area contributed by atoms with E-state index in [2.05, 4.69) is 31.9 Å². The number of aromatic nitrogens is 3. The summed E-state index contributed by atoms with van der Waals surface area (Å²) in [6.45, 7) is 4.50. The Morgan fingerprint density at radius 1 is 1.19 bits per heavy atom. The first-order chi connectivity index (χ1) is 12.7.